The van der Waals surface area contributed by atoms with Gasteiger partial charge in [0.1, 0.15) is 0 Å². The molecule has 1 N–H and O–H groups in total. The van der Waals surface area contributed by atoms with Crippen LogP contribution in [0.1, 0.15) is 30.4 Å². The molecule has 0 radical (unpaired) electrons. The van der Waals surface area contributed by atoms with Crippen molar-refractivity contribution in [3.63, 3.8) is 0 Å². The molecule has 3 heteroatoms. The molecule has 134 valence electrons. The van der Waals surface area contributed by atoms with E-state index in [9.17, 15) is 5.11 Å². The molecule has 2 aliphatic carbocycles. The highest BCUT2D eigenvalue weighted by Gasteiger charge is 2.51. The van der Waals surface area contributed by atoms with Crippen molar-refractivity contribution in [2.75, 3.05) is 0 Å². The number of hydrogen-bond donors (Lipinski definition) is 1. The minimum Gasteiger partial charge on any atom is -0.393 e. The van der Waals surface area contributed by atoms with Gasteiger partial charge in [-0.15, -0.1) is 0 Å². The van der Waals surface area contributed by atoms with Crippen molar-refractivity contribution in [2.45, 2.75) is 31.8 Å². The Labute approximate surface area is 172 Å². The topological polar surface area (TPSA) is 20.2 Å². The number of aliphatic hydroxyl groups excluding tert-OH is 1. The Hall–Kier alpha value is -1.04. The van der Waals surface area contributed by atoms with E-state index in [1.807, 2.05) is 8.93 Å². The maximum atomic E-state index is 10.6. The number of benzene rings is 2. The fourth-order valence-electron chi connectivity index (χ4n) is 4.96. The van der Waals surface area contributed by atoms with Crippen molar-refractivity contribution >= 4 is 35.7 Å². The summed E-state index contributed by atoms with van der Waals surface area (Å²) in [4.78, 5) is 1.41. The van der Waals surface area contributed by atoms with Gasteiger partial charge >= 0.3 is 0 Å². The van der Waals surface area contributed by atoms with Crippen LogP contribution in [0.3, 0.4) is 0 Å². The number of halogens is 1. The van der Waals surface area contributed by atoms with Gasteiger partial charge in [-0.2, -0.15) is 0 Å². The smallest absolute Gasteiger partial charge is 0.0552 e. The summed E-state index contributed by atoms with van der Waals surface area (Å²) in [5, 5.41) is 10.6. The molecule has 0 bridgehead atoms. The van der Waals surface area contributed by atoms with Gasteiger partial charge in [-0.25, -0.2) is 0 Å². The van der Waals surface area contributed by atoms with Crippen LogP contribution in [0, 0.1) is 11.3 Å². The zero-order valence-corrected chi connectivity index (χ0v) is 17.7. The standard InChI is InChI=1S/C23H23IOS/c1-16-20-12-19(25)14-23(20,13-17-8-4-2-5-9-17)15-21(26-24)22(16)18-10-6-3-7-11-18/h2-11,19-20,25H,1,12-15H2/t19-,20+,23+/m0/s1. The molecule has 2 aromatic rings. The van der Waals surface area contributed by atoms with Crippen LogP contribution < -0.4 is 0 Å². The third kappa shape index (κ3) is 3.30. The van der Waals surface area contributed by atoms with E-state index in [2.05, 4.69) is 88.4 Å². The van der Waals surface area contributed by atoms with E-state index < -0.39 is 0 Å². The van der Waals surface area contributed by atoms with Crippen LogP contribution in [0.5, 0.6) is 0 Å². The number of rotatable bonds is 4. The van der Waals surface area contributed by atoms with Gasteiger partial charge in [-0.3, -0.25) is 0 Å². The van der Waals surface area contributed by atoms with E-state index in [1.54, 1.807) is 0 Å². The maximum absolute atomic E-state index is 10.6. The first-order valence-electron chi connectivity index (χ1n) is 9.11. The fraction of sp³-hybridized carbons (Fsp3) is 0.304. The lowest BCUT2D eigenvalue weighted by molar-refractivity contribution is 0.156. The Morgan fingerprint density at radius 1 is 1.08 bits per heavy atom. The summed E-state index contributed by atoms with van der Waals surface area (Å²) in [5.41, 5.74) is 5.23. The van der Waals surface area contributed by atoms with Crippen LogP contribution in [0.4, 0.5) is 0 Å². The molecular weight excluding hydrogens is 451 g/mol. The molecule has 4 rings (SSSR count). The molecule has 0 amide bonds. The quantitative estimate of drug-likeness (QED) is 0.515. The summed E-state index contributed by atoms with van der Waals surface area (Å²) in [6.45, 7) is 4.55. The third-order valence-corrected chi connectivity index (χ3v) is 8.11. The van der Waals surface area contributed by atoms with Gasteiger partial charge in [0.05, 0.1) is 6.10 Å². The molecular formula is C23H23IOS. The van der Waals surface area contributed by atoms with Crippen LogP contribution in [0.2, 0.25) is 0 Å². The normalized spacial score (nSPS) is 28.3. The molecule has 1 saturated carbocycles. The number of aliphatic hydroxyl groups is 1. The number of allylic oxidation sites excluding steroid dienone is 3. The van der Waals surface area contributed by atoms with Crippen LogP contribution in [-0.4, -0.2) is 11.2 Å². The molecule has 1 nitrogen and oxygen atoms in total. The minimum atomic E-state index is -0.226. The largest absolute Gasteiger partial charge is 0.393 e. The third-order valence-electron chi connectivity index (χ3n) is 5.98. The second-order valence-corrected chi connectivity index (χ2v) is 9.58. The average Bonchev–Trinajstić information content (AvgIpc) is 2.99. The zero-order valence-electron chi connectivity index (χ0n) is 14.7. The lowest BCUT2D eigenvalue weighted by Gasteiger charge is -2.42. The average molecular weight is 474 g/mol. The molecule has 0 unspecified atom stereocenters. The van der Waals surface area contributed by atoms with Crippen molar-refractivity contribution in [2.24, 2.45) is 11.3 Å². The first-order chi connectivity index (χ1) is 12.6. The molecule has 0 aromatic heterocycles. The number of hydrogen-bond acceptors (Lipinski definition) is 2. The van der Waals surface area contributed by atoms with Crippen LogP contribution in [-0.2, 0) is 6.42 Å². The van der Waals surface area contributed by atoms with Gasteiger partial charge in [0.25, 0.3) is 0 Å². The summed E-state index contributed by atoms with van der Waals surface area (Å²) in [7, 11) is 1.82. The predicted octanol–water partition coefficient (Wildman–Crippen LogP) is 6.44. The van der Waals surface area contributed by atoms with Gasteiger partial charge in [0.2, 0.25) is 0 Å². The van der Waals surface area contributed by atoms with Crippen molar-refractivity contribution in [3.05, 3.63) is 88.8 Å². The monoisotopic (exact) mass is 474 g/mol. The molecule has 0 spiro atoms. The highest BCUT2D eigenvalue weighted by Crippen LogP contribution is 2.61. The first-order valence-corrected chi connectivity index (χ1v) is 12.5. The molecule has 0 heterocycles. The molecule has 3 atom stereocenters. The summed E-state index contributed by atoms with van der Waals surface area (Å²) in [6, 6.07) is 21.4. The Bertz CT molecular complexity index is 830. The SMILES string of the molecule is C=C1C(c2ccccc2)=C(SI)C[C@@]2(Cc3ccccc3)C[C@@H](O)C[C@H]12. The lowest BCUT2D eigenvalue weighted by Crippen LogP contribution is -2.33. The van der Waals surface area contributed by atoms with E-state index in [1.165, 1.54) is 27.2 Å². The second-order valence-electron chi connectivity index (χ2n) is 7.61. The first kappa shape index (κ1) is 18.3. The molecule has 26 heavy (non-hydrogen) atoms. The second kappa shape index (κ2) is 7.53. The van der Waals surface area contributed by atoms with Crippen molar-refractivity contribution in [3.8, 4) is 0 Å². The molecule has 2 aromatic carbocycles. The van der Waals surface area contributed by atoms with E-state index in [0.717, 1.165) is 25.7 Å². The zero-order chi connectivity index (χ0) is 18.1. The summed E-state index contributed by atoms with van der Waals surface area (Å²) >= 11 is 2.41. The Morgan fingerprint density at radius 2 is 1.73 bits per heavy atom. The van der Waals surface area contributed by atoms with E-state index in [4.69, 9.17) is 0 Å². The summed E-state index contributed by atoms with van der Waals surface area (Å²) < 4.78 is 0. The Balaban J connectivity index is 1.78. The molecule has 2 aliphatic rings. The molecule has 1 fully saturated rings. The summed E-state index contributed by atoms with van der Waals surface area (Å²) in [6.07, 6.45) is 3.52. The van der Waals surface area contributed by atoms with E-state index >= 15 is 0 Å². The van der Waals surface area contributed by atoms with Gasteiger partial charge in [-0.05, 0) is 59.3 Å². The highest BCUT2D eigenvalue weighted by molar-refractivity contribution is 14.2. The fourth-order valence-corrected chi connectivity index (χ4v) is 6.76. The van der Waals surface area contributed by atoms with E-state index in [-0.39, 0.29) is 11.5 Å². The molecule has 0 aliphatic heterocycles. The highest BCUT2D eigenvalue weighted by atomic mass is 127. The molecule has 0 saturated heterocycles. The van der Waals surface area contributed by atoms with Gasteiger partial charge in [0, 0.05) is 26.1 Å². The van der Waals surface area contributed by atoms with Crippen molar-refractivity contribution < 1.29 is 5.11 Å². The lowest BCUT2D eigenvalue weighted by atomic mass is 9.63. The maximum Gasteiger partial charge on any atom is 0.0552 e. The van der Waals surface area contributed by atoms with Crippen molar-refractivity contribution in [1.29, 1.82) is 0 Å². The van der Waals surface area contributed by atoms with Crippen LogP contribution in [0.25, 0.3) is 5.57 Å². The van der Waals surface area contributed by atoms with Crippen LogP contribution >= 0.6 is 30.1 Å². The number of fused-ring (bicyclic) bond motifs is 1. The summed E-state index contributed by atoms with van der Waals surface area (Å²) in [5.74, 6) is 0.347. The van der Waals surface area contributed by atoms with Crippen molar-refractivity contribution in [1.82, 2.24) is 0 Å². The Morgan fingerprint density at radius 3 is 2.38 bits per heavy atom. The predicted molar refractivity (Wildman–Crippen MR) is 120 cm³/mol. The van der Waals surface area contributed by atoms with E-state index in [0.29, 0.717) is 5.92 Å². The van der Waals surface area contributed by atoms with Gasteiger partial charge in [-0.1, -0.05) is 76.2 Å². The Kier molecular flexibility index (Phi) is 5.31. The van der Waals surface area contributed by atoms with Crippen LogP contribution in [0.15, 0.2) is 77.7 Å². The van der Waals surface area contributed by atoms with Gasteiger partial charge < -0.3 is 5.11 Å². The minimum absolute atomic E-state index is 0.0869. The van der Waals surface area contributed by atoms with Gasteiger partial charge in [0.15, 0.2) is 0 Å².